The molecule has 0 aromatic carbocycles. The van der Waals surface area contributed by atoms with Gasteiger partial charge < -0.3 is 15.9 Å². The van der Waals surface area contributed by atoms with Gasteiger partial charge >= 0.3 is 0 Å². The van der Waals surface area contributed by atoms with Crippen LogP contribution in [0.3, 0.4) is 0 Å². The molecule has 0 aromatic rings. The van der Waals surface area contributed by atoms with Crippen molar-refractivity contribution in [2.75, 3.05) is 13.2 Å². The zero-order chi connectivity index (χ0) is 9.03. The molecule has 4 N–H and O–H groups in total. The van der Waals surface area contributed by atoms with Gasteiger partial charge in [-0.1, -0.05) is 0 Å². The summed E-state index contributed by atoms with van der Waals surface area (Å²) in [6.07, 6.45) is 4.13. The van der Waals surface area contributed by atoms with Crippen molar-refractivity contribution in [2.24, 2.45) is 11.7 Å². The minimum atomic E-state index is -0.597. The van der Waals surface area contributed by atoms with E-state index in [0.29, 0.717) is 12.3 Å². The summed E-state index contributed by atoms with van der Waals surface area (Å²) in [5, 5.41) is 18.6. The second-order valence-corrected chi connectivity index (χ2v) is 3.88. The highest BCUT2D eigenvalue weighted by molar-refractivity contribution is 4.85. The van der Waals surface area contributed by atoms with E-state index in [9.17, 15) is 5.11 Å². The Morgan fingerprint density at radius 1 is 1.33 bits per heavy atom. The van der Waals surface area contributed by atoms with Crippen LogP contribution in [0, 0.1) is 5.92 Å². The first-order chi connectivity index (χ1) is 5.70. The molecule has 3 nitrogen and oxygen atoms in total. The van der Waals surface area contributed by atoms with E-state index >= 15 is 0 Å². The van der Waals surface area contributed by atoms with E-state index in [0.717, 1.165) is 32.2 Å². The Morgan fingerprint density at radius 3 is 2.33 bits per heavy atom. The second kappa shape index (κ2) is 4.21. The highest BCUT2D eigenvalue weighted by Gasteiger charge is 2.31. The van der Waals surface area contributed by atoms with Crippen LogP contribution in [0.1, 0.15) is 32.1 Å². The molecule has 0 amide bonds. The molecule has 0 aromatic heterocycles. The normalized spacial score (nSPS) is 36.8. The number of hydrogen-bond donors (Lipinski definition) is 3. The Morgan fingerprint density at radius 2 is 1.92 bits per heavy atom. The molecule has 0 spiro atoms. The maximum absolute atomic E-state index is 9.88. The van der Waals surface area contributed by atoms with E-state index in [2.05, 4.69) is 0 Å². The standard InChI is InChI=1S/C9H19NO2/c10-7-8-1-3-9(12,4-2-8)5-6-11/h8,11-12H,1-7,10H2. The average Bonchev–Trinajstić information content (AvgIpc) is 2.06. The molecule has 12 heavy (non-hydrogen) atoms. The Kier molecular flexibility index (Phi) is 3.50. The van der Waals surface area contributed by atoms with Gasteiger partial charge in [0.05, 0.1) is 5.60 Å². The predicted molar refractivity (Wildman–Crippen MR) is 47.7 cm³/mol. The van der Waals surface area contributed by atoms with Crippen LogP contribution in [0.2, 0.25) is 0 Å². The molecule has 0 saturated heterocycles. The Hall–Kier alpha value is -0.120. The lowest BCUT2D eigenvalue weighted by Gasteiger charge is -2.35. The molecule has 1 rings (SSSR count). The van der Waals surface area contributed by atoms with Gasteiger partial charge in [-0.3, -0.25) is 0 Å². The van der Waals surface area contributed by atoms with Crippen LogP contribution in [0.15, 0.2) is 0 Å². The first kappa shape index (κ1) is 9.96. The molecule has 72 valence electrons. The largest absolute Gasteiger partial charge is 0.396 e. The van der Waals surface area contributed by atoms with Crippen molar-refractivity contribution in [3.63, 3.8) is 0 Å². The highest BCUT2D eigenvalue weighted by atomic mass is 16.3. The quantitative estimate of drug-likeness (QED) is 0.573. The number of rotatable bonds is 3. The first-order valence-corrected chi connectivity index (χ1v) is 4.73. The van der Waals surface area contributed by atoms with Gasteiger partial charge in [0.1, 0.15) is 0 Å². The molecule has 0 bridgehead atoms. The van der Waals surface area contributed by atoms with Crippen LogP contribution < -0.4 is 5.73 Å². The summed E-state index contributed by atoms with van der Waals surface area (Å²) >= 11 is 0. The molecular weight excluding hydrogens is 154 g/mol. The summed E-state index contributed by atoms with van der Waals surface area (Å²) in [5.41, 5.74) is 4.94. The maximum Gasteiger partial charge on any atom is 0.0669 e. The smallest absolute Gasteiger partial charge is 0.0669 e. The lowest BCUT2D eigenvalue weighted by atomic mass is 9.77. The van der Waals surface area contributed by atoms with Crippen molar-refractivity contribution in [1.82, 2.24) is 0 Å². The van der Waals surface area contributed by atoms with Crippen LogP contribution in [0.4, 0.5) is 0 Å². The molecular formula is C9H19NO2. The third kappa shape index (κ3) is 2.44. The molecule has 3 heteroatoms. The van der Waals surface area contributed by atoms with Crippen molar-refractivity contribution in [3.8, 4) is 0 Å². The van der Waals surface area contributed by atoms with Gasteiger partial charge in [-0.2, -0.15) is 0 Å². The van der Waals surface area contributed by atoms with Gasteiger partial charge in [0, 0.05) is 6.61 Å². The molecule has 1 aliphatic carbocycles. The molecule has 1 aliphatic rings. The fourth-order valence-electron chi connectivity index (χ4n) is 1.91. The zero-order valence-electron chi connectivity index (χ0n) is 7.50. The van der Waals surface area contributed by atoms with E-state index < -0.39 is 5.60 Å². The van der Waals surface area contributed by atoms with Gasteiger partial charge in [0.25, 0.3) is 0 Å². The average molecular weight is 173 g/mol. The molecule has 1 fully saturated rings. The molecule has 1 saturated carbocycles. The number of aliphatic hydroxyl groups is 2. The Labute approximate surface area is 73.6 Å². The molecule has 0 heterocycles. The first-order valence-electron chi connectivity index (χ1n) is 4.73. The van der Waals surface area contributed by atoms with Crippen LogP contribution in [0.5, 0.6) is 0 Å². The minimum absolute atomic E-state index is 0.0871. The van der Waals surface area contributed by atoms with Crippen LogP contribution in [-0.2, 0) is 0 Å². The maximum atomic E-state index is 9.88. The van der Waals surface area contributed by atoms with E-state index in [-0.39, 0.29) is 6.61 Å². The summed E-state index contributed by atoms with van der Waals surface area (Å²) in [7, 11) is 0. The third-order valence-corrected chi connectivity index (χ3v) is 2.95. The van der Waals surface area contributed by atoms with Gasteiger partial charge in [0.15, 0.2) is 0 Å². The fourth-order valence-corrected chi connectivity index (χ4v) is 1.91. The molecule has 0 aliphatic heterocycles. The van der Waals surface area contributed by atoms with Crippen LogP contribution >= 0.6 is 0 Å². The summed E-state index contributed by atoms with van der Waals surface area (Å²) in [6, 6.07) is 0. The van der Waals surface area contributed by atoms with Gasteiger partial charge in [-0.15, -0.1) is 0 Å². The van der Waals surface area contributed by atoms with Crippen molar-refractivity contribution < 1.29 is 10.2 Å². The Bertz CT molecular complexity index is 130. The van der Waals surface area contributed by atoms with Crippen molar-refractivity contribution in [2.45, 2.75) is 37.7 Å². The Balaban J connectivity index is 2.33. The van der Waals surface area contributed by atoms with Crippen LogP contribution in [0.25, 0.3) is 0 Å². The fraction of sp³-hybridized carbons (Fsp3) is 1.00. The predicted octanol–water partition coefficient (Wildman–Crippen LogP) is 0.249. The van der Waals surface area contributed by atoms with Crippen molar-refractivity contribution >= 4 is 0 Å². The van der Waals surface area contributed by atoms with Gasteiger partial charge in [-0.05, 0) is 44.6 Å². The minimum Gasteiger partial charge on any atom is -0.396 e. The lowest BCUT2D eigenvalue weighted by molar-refractivity contribution is -0.0265. The zero-order valence-corrected chi connectivity index (χ0v) is 7.50. The van der Waals surface area contributed by atoms with E-state index in [1.807, 2.05) is 0 Å². The topological polar surface area (TPSA) is 66.5 Å². The number of nitrogens with two attached hydrogens (primary N) is 1. The van der Waals surface area contributed by atoms with Crippen molar-refractivity contribution in [1.29, 1.82) is 0 Å². The highest BCUT2D eigenvalue weighted by Crippen LogP contribution is 2.33. The van der Waals surface area contributed by atoms with Crippen molar-refractivity contribution in [3.05, 3.63) is 0 Å². The third-order valence-electron chi connectivity index (χ3n) is 2.95. The summed E-state index contributed by atoms with van der Waals surface area (Å²) in [6.45, 7) is 0.818. The van der Waals surface area contributed by atoms with E-state index in [4.69, 9.17) is 10.8 Å². The molecule has 0 atom stereocenters. The van der Waals surface area contributed by atoms with E-state index in [1.54, 1.807) is 0 Å². The second-order valence-electron chi connectivity index (χ2n) is 3.88. The van der Waals surface area contributed by atoms with E-state index in [1.165, 1.54) is 0 Å². The summed E-state index contributed by atoms with van der Waals surface area (Å²) in [5.74, 6) is 0.587. The van der Waals surface area contributed by atoms with Crippen LogP contribution in [-0.4, -0.2) is 29.0 Å². The SMILES string of the molecule is NCC1CCC(O)(CCO)CC1. The van der Waals surface area contributed by atoms with Gasteiger partial charge in [0.2, 0.25) is 0 Å². The monoisotopic (exact) mass is 173 g/mol. The molecule has 0 unspecified atom stereocenters. The number of aliphatic hydroxyl groups excluding tert-OH is 1. The molecule has 0 radical (unpaired) electrons. The summed E-state index contributed by atoms with van der Waals surface area (Å²) < 4.78 is 0. The number of hydrogen-bond acceptors (Lipinski definition) is 3. The summed E-state index contributed by atoms with van der Waals surface area (Å²) in [4.78, 5) is 0. The lowest BCUT2D eigenvalue weighted by Crippen LogP contribution is -2.36. The van der Waals surface area contributed by atoms with Gasteiger partial charge in [-0.25, -0.2) is 0 Å².